The van der Waals surface area contributed by atoms with Gasteiger partial charge in [0.25, 0.3) is 10.0 Å². The predicted molar refractivity (Wildman–Crippen MR) is 46.4 cm³/mol. The summed E-state index contributed by atoms with van der Waals surface area (Å²) >= 11 is 0. The van der Waals surface area contributed by atoms with E-state index in [1.54, 1.807) is 0 Å². The zero-order valence-corrected chi connectivity index (χ0v) is 8.58. The highest BCUT2D eigenvalue weighted by Gasteiger charge is 2.30. The van der Waals surface area contributed by atoms with Gasteiger partial charge in [-0.3, -0.25) is 9.59 Å². The number of nitrogens with one attached hydrogen (secondary N) is 1. The maximum Gasteiger partial charge on any atom is 0.350 e. The van der Waals surface area contributed by atoms with Crippen molar-refractivity contribution in [3.63, 3.8) is 0 Å². The largest absolute Gasteiger partial charge is 0.481 e. The van der Waals surface area contributed by atoms with Gasteiger partial charge in [-0.1, -0.05) is 0 Å². The minimum atomic E-state index is -5.05. The average molecular weight is 261 g/mol. The Morgan fingerprint density at radius 3 is 2.06 bits per heavy atom. The molecular formula is C6H9F2NO6S. The van der Waals surface area contributed by atoms with E-state index < -0.39 is 46.6 Å². The van der Waals surface area contributed by atoms with Crippen molar-refractivity contribution in [1.82, 2.24) is 4.72 Å². The van der Waals surface area contributed by atoms with Crippen LogP contribution in [-0.2, 0) is 19.6 Å². The molecule has 0 rings (SSSR count). The number of rotatable bonds is 7. The molecule has 3 N–H and O–H groups in total. The van der Waals surface area contributed by atoms with Gasteiger partial charge in [0.15, 0.2) is 0 Å². The molecule has 0 bridgehead atoms. The van der Waals surface area contributed by atoms with E-state index in [0.29, 0.717) is 0 Å². The molecule has 0 saturated heterocycles. The Hall–Kier alpha value is -1.29. The second-order valence-corrected chi connectivity index (χ2v) is 4.43. The first-order valence-electron chi connectivity index (χ1n) is 3.90. The Balaban J connectivity index is 4.58. The molecule has 0 aliphatic heterocycles. The maximum absolute atomic E-state index is 11.9. The first kappa shape index (κ1) is 14.7. The van der Waals surface area contributed by atoms with E-state index in [2.05, 4.69) is 0 Å². The van der Waals surface area contributed by atoms with Crippen LogP contribution in [0.25, 0.3) is 0 Å². The van der Waals surface area contributed by atoms with E-state index in [1.807, 2.05) is 0 Å². The summed E-state index contributed by atoms with van der Waals surface area (Å²) in [5, 5.41) is 16.7. The standard InChI is InChI=1S/C6H9F2NO6S/c7-6(8)16(14,15)9-3(5(12)13)1-2-4(10)11/h3,6,9H,1-2H2,(H,10,11)(H,12,13)/t3-/m0/s1. The van der Waals surface area contributed by atoms with Crippen LogP contribution in [0.1, 0.15) is 12.8 Å². The number of hydrogen-bond donors (Lipinski definition) is 3. The first-order valence-corrected chi connectivity index (χ1v) is 5.45. The molecule has 0 fully saturated rings. The van der Waals surface area contributed by atoms with Crippen molar-refractivity contribution >= 4 is 22.0 Å². The summed E-state index contributed by atoms with van der Waals surface area (Å²) in [6.07, 6.45) is -1.26. The van der Waals surface area contributed by atoms with Crippen LogP contribution in [0.4, 0.5) is 8.78 Å². The fraction of sp³-hybridized carbons (Fsp3) is 0.667. The van der Waals surface area contributed by atoms with Gasteiger partial charge in [0, 0.05) is 6.42 Å². The number of alkyl halides is 2. The molecule has 1 atom stereocenters. The molecule has 10 heteroatoms. The van der Waals surface area contributed by atoms with Crippen molar-refractivity contribution in [2.24, 2.45) is 0 Å². The molecule has 0 aliphatic rings. The molecule has 0 aromatic carbocycles. The Morgan fingerprint density at radius 2 is 1.75 bits per heavy atom. The monoisotopic (exact) mass is 261 g/mol. The summed E-state index contributed by atoms with van der Waals surface area (Å²) in [5.41, 5.74) is 0. The van der Waals surface area contributed by atoms with Crippen molar-refractivity contribution in [2.75, 3.05) is 0 Å². The number of aliphatic carboxylic acids is 2. The predicted octanol–water partition coefficient (Wildman–Crippen LogP) is -0.554. The van der Waals surface area contributed by atoms with Crippen LogP contribution in [0.2, 0.25) is 0 Å². The highest BCUT2D eigenvalue weighted by Crippen LogP contribution is 2.06. The van der Waals surface area contributed by atoms with Gasteiger partial charge in [0.1, 0.15) is 6.04 Å². The Labute approximate surface area is 89.1 Å². The topological polar surface area (TPSA) is 121 Å². The van der Waals surface area contributed by atoms with Gasteiger partial charge in [-0.05, 0) is 6.42 Å². The molecule has 0 saturated carbocycles. The number of hydrogen-bond acceptors (Lipinski definition) is 4. The summed E-state index contributed by atoms with van der Waals surface area (Å²) in [6.45, 7) is 0. The fourth-order valence-electron chi connectivity index (χ4n) is 0.750. The van der Waals surface area contributed by atoms with Gasteiger partial charge in [0.05, 0.1) is 0 Å². The van der Waals surface area contributed by atoms with Crippen molar-refractivity contribution in [3.8, 4) is 0 Å². The second kappa shape index (κ2) is 5.70. The smallest absolute Gasteiger partial charge is 0.350 e. The minimum absolute atomic E-state index is 0.614. The summed E-state index contributed by atoms with van der Waals surface area (Å²) in [4.78, 5) is 20.6. The van der Waals surface area contributed by atoms with Gasteiger partial charge >= 0.3 is 17.7 Å². The lowest BCUT2D eigenvalue weighted by Gasteiger charge is -2.12. The lowest BCUT2D eigenvalue weighted by atomic mass is 10.2. The third-order valence-corrected chi connectivity index (χ3v) is 2.57. The van der Waals surface area contributed by atoms with E-state index >= 15 is 0 Å². The van der Waals surface area contributed by atoms with Crippen LogP contribution in [0.5, 0.6) is 0 Å². The third kappa shape index (κ3) is 4.98. The average Bonchev–Trinajstić information content (AvgIpc) is 2.11. The van der Waals surface area contributed by atoms with Gasteiger partial charge in [0.2, 0.25) is 0 Å². The summed E-state index contributed by atoms with van der Waals surface area (Å²) in [6, 6.07) is -1.88. The summed E-state index contributed by atoms with van der Waals surface area (Å²) < 4.78 is 46.2. The van der Waals surface area contributed by atoms with Crippen LogP contribution in [0.15, 0.2) is 0 Å². The van der Waals surface area contributed by atoms with Crippen LogP contribution in [0.3, 0.4) is 0 Å². The van der Waals surface area contributed by atoms with Crippen molar-refractivity contribution < 1.29 is 37.0 Å². The lowest BCUT2D eigenvalue weighted by Crippen LogP contribution is -2.43. The van der Waals surface area contributed by atoms with E-state index in [0.717, 1.165) is 0 Å². The van der Waals surface area contributed by atoms with Crippen molar-refractivity contribution in [3.05, 3.63) is 0 Å². The normalized spacial score (nSPS) is 13.7. The number of carbonyl (C=O) groups is 2. The lowest BCUT2D eigenvalue weighted by molar-refractivity contribution is -0.140. The summed E-state index contributed by atoms with van der Waals surface area (Å²) in [5.74, 6) is -6.84. The SMILES string of the molecule is O=C(O)CC[C@H](NS(=O)(=O)C(F)F)C(=O)O. The summed E-state index contributed by atoms with van der Waals surface area (Å²) in [7, 11) is -5.05. The molecule has 0 aromatic heterocycles. The maximum atomic E-state index is 11.9. The number of carboxylic acids is 2. The minimum Gasteiger partial charge on any atom is -0.481 e. The highest BCUT2D eigenvalue weighted by atomic mass is 32.2. The molecule has 0 aromatic rings. The van der Waals surface area contributed by atoms with E-state index in [9.17, 15) is 26.8 Å². The van der Waals surface area contributed by atoms with E-state index in [1.165, 1.54) is 4.72 Å². The zero-order valence-electron chi connectivity index (χ0n) is 7.76. The molecule has 0 unspecified atom stereocenters. The molecule has 0 heterocycles. The van der Waals surface area contributed by atoms with E-state index in [4.69, 9.17) is 10.2 Å². The van der Waals surface area contributed by atoms with Crippen LogP contribution < -0.4 is 4.72 Å². The number of sulfonamides is 1. The van der Waals surface area contributed by atoms with E-state index in [-0.39, 0.29) is 0 Å². The third-order valence-electron chi connectivity index (χ3n) is 1.49. The zero-order chi connectivity index (χ0) is 12.9. The second-order valence-electron chi connectivity index (χ2n) is 2.75. The van der Waals surface area contributed by atoms with Crippen LogP contribution in [0, 0.1) is 0 Å². The molecule has 0 radical (unpaired) electrons. The highest BCUT2D eigenvalue weighted by molar-refractivity contribution is 7.89. The molecule has 0 spiro atoms. The number of halogens is 2. The molecule has 16 heavy (non-hydrogen) atoms. The quantitative estimate of drug-likeness (QED) is 0.565. The van der Waals surface area contributed by atoms with Gasteiger partial charge in [-0.15, -0.1) is 0 Å². The van der Waals surface area contributed by atoms with Crippen molar-refractivity contribution in [1.29, 1.82) is 0 Å². The fourth-order valence-corrected chi connectivity index (χ4v) is 1.47. The number of carboxylic acid groups (broad SMARTS) is 2. The van der Waals surface area contributed by atoms with Gasteiger partial charge in [-0.25, -0.2) is 8.42 Å². The van der Waals surface area contributed by atoms with Gasteiger partial charge < -0.3 is 10.2 Å². The van der Waals surface area contributed by atoms with Gasteiger partial charge in [-0.2, -0.15) is 13.5 Å². The molecular weight excluding hydrogens is 252 g/mol. The van der Waals surface area contributed by atoms with Crippen molar-refractivity contribution in [2.45, 2.75) is 24.6 Å². The van der Waals surface area contributed by atoms with Crippen LogP contribution in [-0.4, -0.2) is 42.4 Å². The Kier molecular flexibility index (Phi) is 5.24. The molecule has 94 valence electrons. The molecule has 0 amide bonds. The van der Waals surface area contributed by atoms with Crippen LogP contribution >= 0.6 is 0 Å². The first-order chi connectivity index (χ1) is 7.16. The molecule has 0 aliphatic carbocycles. The Morgan fingerprint density at radius 1 is 1.25 bits per heavy atom. The Bertz CT molecular complexity index is 367. The molecule has 7 nitrogen and oxygen atoms in total.